The van der Waals surface area contributed by atoms with Crippen LogP contribution < -0.4 is 14.8 Å². The maximum absolute atomic E-state index is 12.2. The second-order valence-electron chi connectivity index (χ2n) is 7.14. The van der Waals surface area contributed by atoms with Gasteiger partial charge < -0.3 is 24.1 Å². The standard InChI is InChI=1S/C24H26N2O6/c1-16-22(17(2)32-26-16)14-30-21-10-6-19(7-11-21)24(28)31-15-23(27)25-13-12-18-4-8-20(29-3)9-5-18/h4-11H,12-15H2,1-3H3,(H,25,27). The molecule has 3 aromatic rings. The Bertz CT molecular complexity index is 1020. The van der Waals surface area contributed by atoms with E-state index in [1.807, 2.05) is 38.1 Å². The molecule has 0 aliphatic carbocycles. The number of nitrogens with one attached hydrogen (secondary N) is 1. The Hall–Kier alpha value is -3.81. The van der Waals surface area contributed by atoms with Crippen molar-refractivity contribution in [2.45, 2.75) is 26.9 Å². The Kier molecular flexibility index (Phi) is 7.85. The number of nitrogens with zero attached hydrogens (tertiary/aromatic N) is 1. The van der Waals surface area contributed by atoms with E-state index in [0.29, 0.717) is 36.6 Å². The van der Waals surface area contributed by atoms with Crippen LogP contribution in [0.15, 0.2) is 53.1 Å². The minimum Gasteiger partial charge on any atom is -0.497 e. The third-order valence-electron chi connectivity index (χ3n) is 4.88. The summed E-state index contributed by atoms with van der Waals surface area (Å²) >= 11 is 0. The lowest BCUT2D eigenvalue weighted by atomic mass is 10.1. The number of benzene rings is 2. The van der Waals surface area contributed by atoms with E-state index in [1.54, 1.807) is 31.4 Å². The molecule has 0 spiro atoms. The van der Waals surface area contributed by atoms with Crippen molar-refractivity contribution in [1.82, 2.24) is 10.5 Å². The minimum absolute atomic E-state index is 0.321. The number of carbonyl (C=O) groups is 2. The average molecular weight is 438 g/mol. The summed E-state index contributed by atoms with van der Waals surface area (Å²) in [6, 6.07) is 14.1. The Morgan fingerprint density at radius 1 is 1.00 bits per heavy atom. The molecule has 0 aliphatic heterocycles. The van der Waals surface area contributed by atoms with Gasteiger partial charge in [0.15, 0.2) is 6.61 Å². The third kappa shape index (κ3) is 6.34. The predicted molar refractivity (Wildman–Crippen MR) is 117 cm³/mol. The number of esters is 1. The van der Waals surface area contributed by atoms with Crippen LogP contribution in [0, 0.1) is 13.8 Å². The van der Waals surface area contributed by atoms with Gasteiger partial charge in [-0.3, -0.25) is 4.79 Å². The van der Waals surface area contributed by atoms with Crippen molar-refractivity contribution in [1.29, 1.82) is 0 Å². The van der Waals surface area contributed by atoms with Gasteiger partial charge in [-0.1, -0.05) is 17.3 Å². The van der Waals surface area contributed by atoms with Crippen molar-refractivity contribution in [3.05, 3.63) is 76.7 Å². The van der Waals surface area contributed by atoms with E-state index in [0.717, 1.165) is 22.6 Å². The lowest BCUT2D eigenvalue weighted by Crippen LogP contribution is -2.30. The fraction of sp³-hybridized carbons (Fsp3) is 0.292. The summed E-state index contributed by atoms with van der Waals surface area (Å²) in [6.07, 6.45) is 0.666. The highest BCUT2D eigenvalue weighted by Crippen LogP contribution is 2.18. The Balaban J connectivity index is 1.38. The fourth-order valence-electron chi connectivity index (χ4n) is 2.95. The second-order valence-corrected chi connectivity index (χ2v) is 7.14. The molecule has 168 valence electrons. The first kappa shape index (κ1) is 22.9. The van der Waals surface area contributed by atoms with Gasteiger partial charge in [0.25, 0.3) is 5.91 Å². The monoisotopic (exact) mass is 438 g/mol. The highest BCUT2D eigenvalue weighted by Gasteiger charge is 2.12. The van der Waals surface area contributed by atoms with E-state index in [2.05, 4.69) is 10.5 Å². The molecule has 8 heteroatoms. The van der Waals surface area contributed by atoms with Gasteiger partial charge in [-0.05, 0) is 62.2 Å². The molecule has 0 aliphatic rings. The smallest absolute Gasteiger partial charge is 0.338 e. The van der Waals surface area contributed by atoms with E-state index >= 15 is 0 Å². The largest absolute Gasteiger partial charge is 0.497 e. The molecule has 0 saturated heterocycles. The lowest BCUT2D eigenvalue weighted by molar-refractivity contribution is -0.124. The molecular formula is C24H26N2O6. The Labute approximate surface area is 186 Å². The molecule has 0 bridgehead atoms. The van der Waals surface area contributed by atoms with E-state index in [9.17, 15) is 9.59 Å². The molecule has 0 saturated carbocycles. The molecule has 0 radical (unpaired) electrons. The summed E-state index contributed by atoms with van der Waals surface area (Å²) in [5.74, 6) is 1.16. The van der Waals surface area contributed by atoms with Crippen LogP contribution in [0.4, 0.5) is 0 Å². The Morgan fingerprint density at radius 2 is 1.69 bits per heavy atom. The van der Waals surface area contributed by atoms with Gasteiger partial charge in [-0.15, -0.1) is 0 Å². The molecule has 0 fully saturated rings. The van der Waals surface area contributed by atoms with Crippen LogP contribution in [-0.4, -0.2) is 37.3 Å². The van der Waals surface area contributed by atoms with Gasteiger partial charge in [0.2, 0.25) is 0 Å². The van der Waals surface area contributed by atoms with E-state index in [4.69, 9.17) is 18.7 Å². The van der Waals surface area contributed by atoms with E-state index < -0.39 is 5.97 Å². The number of hydrogen-bond acceptors (Lipinski definition) is 7. The summed E-state index contributed by atoms with van der Waals surface area (Å²) in [4.78, 5) is 24.1. The van der Waals surface area contributed by atoms with Crippen LogP contribution >= 0.6 is 0 Å². The van der Waals surface area contributed by atoms with E-state index in [-0.39, 0.29) is 12.5 Å². The van der Waals surface area contributed by atoms with Crippen LogP contribution in [-0.2, 0) is 22.6 Å². The van der Waals surface area contributed by atoms with Crippen LogP contribution in [0.3, 0.4) is 0 Å². The SMILES string of the molecule is COc1ccc(CCNC(=O)COC(=O)c2ccc(OCc3c(C)noc3C)cc2)cc1. The molecule has 1 N–H and O–H groups in total. The highest BCUT2D eigenvalue weighted by molar-refractivity contribution is 5.91. The normalized spacial score (nSPS) is 10.5. The number of carbonyl (C=O) groups excluding carboxylic acids is 2. The molecule has 0 unspecified atom stereocenters. The van der Waals surface area contributed by atoms with Crippen molar-refractivity contribution in [3.8, 4) is 11.5 Å². The van der Waals surface area contributed by atoms with Gasteiger partial charge in [0, 0.05) is 6.54 Å². The molecule has 32 heavy (non-hydrogen) atoms. The van der Waals surface area contributed by atoms with E-state index in [1.165, 1.54) is 0 Å². The van der Waals surface area contributed by atoms with Crippen LogP contribution in [0.25, 0.3) is 0 Å². The van der Waals surface area contributed by atoms with Crippen LogP contribution in [0.1, 0.15) is 32.9 Å². The number of rotatable bonds is 10. The number of ether oxygens (including phenoxy) is 3. The van der Waals surface area contributed by atoms with Crippen LogP contribution in [0.2, 0.25) is 0 Å². The quantitative estimate of drug-likeness (QED) is 0.484. The fourth-order valence-corrected chi connectivity index (χ4v) is 2.95. The molecule has 3 rings (SSSR count). The highest BCUT2D eigenvalue weighted by atomic mass is 16.5. The van der Waals surface area contributed by atoms with Crippen molar-refractivity contribution >= 4 is 11.9 Å². The molecule has 8 nitrogen and oxygen atoms in total. The number of amides is 1. The number of methoxy groups -OCH3 is 1. The van der Waals surface area contributed by atoms with Gasteiger partial charge in [-0.2, -0.15) is 0 Å². The average Bonchev–Trinajstić information content (AvgIpc) is 3.14. The molecule has 1 amide bonds. The number of aromatic nitrogens is 1. The first-order valence-electron chi connectivity index (χ1n) is 10.2. The Morgan fingerprint density at radius 3 is 2.31 bits per heavy atom. The van der Waals surface area contributed by atoms with Crippen molar-refractivity contribution in [3.63, 3.8) is 0 Å². The number of aryl methyl sites for hydroxylation is 2. The summed E-state index contributed by atoms with van der Waals surface area (Å²) < 4.78 is 21.0. The second kappa shape index (κ2) is 11.0. The molecule has 2 aromatic carbocycles. The first-order chi connectivity index (χ1) is 15.5. The summed E-state index contributed by atoms with van der Waals surface area (Å²) in [6.45, 7) is 4.10. The maximum atomic E-state index is 12.2. The molecular weight excluding hydrogens is 412 g/mol. The van der Waals surface area contributed by atoms with Gasteiger partial charge in [-0.25, -0.2) is 4.79 Å². The van der Waals surface area contributed by atoms with Crippen molar-refractivity contribution in [2.75, 3.05) is 20.3 Å². The topological polar surface area (TPSA) is 99.9 Å². The zero-order chi connectivity index (χ0) is 22.9. The minimum atomic E-state index is -0.576. The van der Waals surface area contributed by atoms with Gasteiger partial charge in [0.05, 0.1) is 23.9 Å². The molecule has 1 heterocycles. The van der Waals surface area contributed by atoms with Crippen molar-refractivity contribution < 1.29 is 28.3 Å². The molecule has 0 atom stereocenters. The zero-order valence-electron chi connectivity index (χ0n) is 18.3. The summed E-state index contributed by atoms with van der Waals surface area (Å²) in [5.41, 5.74) is 3.08. The summed E-state index contributed by atoms with van der Waals surface area (Å²) in [5, 5.41) is 6.62. The lowest BCUT2D eigenvalue weighted by Gasteiger charge is -2.08. The van der Waals surface area contributed by atoms with Crippen LogP contribution in [0.5, 0.6) is 11.5 Å². The van der Waals surface area contributed by atoms with Crippen molar-refractivity contribution in [2.24, 2.45) is 0 Å². The zero-order valence-corrected chi connectivity index (χ0v) is 18.3. The maximum Gasteiger partial charge on any atom is 0.338 e. The van der Waals surface area contributed by atoms with Gasteiger partial charge >= 0.3 is 5.97 Å². The van der Waals surface area contributed by atoms with Gasteiger partial charge in [0.1, 0.15) is 23.9 Å². The predicted octanol–water partition coefficient (Wildman–Crippen LogP) is 3.39. The third-order valence-corrected chi connectivity index (χ3v) is 4.88. The first-order valence-corrected chi connectivity index (χ1v) is 10.2. The summed E-state index contributed by atoms with van der Waals surface area (Å²) in [7, 11) is 1.61. The molecule has 1 aromatic heterocycles. The number of hydrogen-bond donors (Lipinski definition) is 1.